The van der Waals surface area contributed by atoms with Gasteiger partial charge in [0, 0.05) is 26.7 Å². The maximum atomic E-state index is 9.84. The second-order valence-corrected chi connectivity index (χ2v) is 4.36. The Labute approximate surface area is 102 Å². The summed E-state index contributed by atoms with van der Waals surface area (Å²) in [5, 5.41) is 9.84. The molecule has 1 fully saturated rings. The van der Waals surface area contributed by atoms with Crippen LogP contribution in [0.4, 0.5) is 0 Å². The van der Waals surface area contributed by atoms with Crippen molar-refractivity contribution in [3.05, 3.63) is 35.9 Å². The molecule has 4 heteroatoms. The van der Waals surface area contributed by atoms with Gasteiger partial charge in [-0.05, 0) is 5.56 Å². The van der Waals surface area contributed by atoms with Crippen molar-refractivity contribution in [3.8, 4) is 0 Å². The van der Waals surface area contributed by atoms with Crippen molar-refractivity contribution >= 4 is 0 Å². The zero-order valence-corrected chi connectivity index (χ0v) is 10.1. The van der Waals surface area contributed by atoms with Crippen molar-refractivity contribution in [1.82, 2.24) is 4.90 Å². The molecule has 0 aliphatic carbocycles. The fraction of sp³-hybridized carbons (Fsp3) is 0.538. The lowest BCUT2D eigenvalue weighted by Crippen LogP contribution is -2.27. The van der Waals surface area contributed by atoms with Crippen molar-refractivity contribution in [2.24, 2.45) is 0 Å². The van der Waals surface area contributed by atoms with Gasteiger partial charge in [-0.2, -0.15) is 0 Å². The van der Waals surface area contributed by atoms with Crippen molar-refractivity contribution in [2.75, 3.05) is 27.0 Å². The second-order valence-electron chi connectivity index (χ2n) is 4.36. The fourth-order valence-corrected chi connectivity index (χ4v) is 2.12. The van der Waals surface area contributed by atoms with Crippen LogP contribution in [0.2, 0.25) is 0 Å². The van der Waals surface area contributed by atoms with E-state index in [9.17, 15) is 5.11 Å². The Hall–Kier alpha value is -0.940. The molecule has 1 aromatic carbocycles. The third-order valence-corrected chi connectivity index (χ3v) is 2.96. The van der Waals surface area contributed by atoms with Crippen LogP contribution in [0.3, 0.4) is 0 Å². The van der Waals surface area contributed by atoms with Crippen LogP contribution in [-0.4, -0.2) is 49.2 Å². The van der Waals surface area contributed by atoms with Crippen LogP contribution < -0.4 is 0 Å². The number of likely N-dealkylation sites (tertiary alicyclic amines) is 1. The molecule has 1 aromatic rings. The Balaban J connectivity index is 1.84. The van der Waals surface area contributed by atoms with Crippen molar-refractivity contribution < 1.29 is 14.6 Å². The van der Waals surface area contributed by atoms with Gasteiger partial charge in [-0.3, -0.25) is 4.90 Å². The molecular formula is C13H19NO3. The number of rotatable bonds is 5. The van der Waals surface area contributed by atoms with Crippen LogP contribution in [0.5, 0.6) is 0 Å². The van der Waals surface area contributed by atoms with Gasteiger partial charge in [0.15, 0.2) is 0 Å². The summed E-state index contributed by atoms with van der Waals surface area (Å²) in [5.74, 6) is 0. The minimum absolute atomic E-state index is 0.140. The molecular weight excluding hydrogens is 218 g/mol. The molecule has 17 heavy (non-hydrogen) atoms. The Morgan fingerprint density at radius 2 is 2.06 bits per heavy atom. The molecule has 0 amide bonds. The molecule has 1 aliphatic heterocycles. The minimum Gasteiger partial charge on any atom is -0.389 e. The summed E-state index contributed by atoms with van der Waals surface area (Å²) in [6.45, 7) is 2.49. The number of hydrogen-bond donors (Lipinski definition) is 1. The standard InChI is InChI=1S/C13H19NO3/c1-16-10-17-13-9-14(8-12(13)15)7-11-5-3-2-4-6-11/h2-6,12-13,15H,7-10H2,1H3/t12-,13-/m0/s1. The molecule has 0 spiro atoms. The normalized spacial score (nSPS) is 25.3. The van der Waals surface area contributed by atoms with Gasteiger partial charge in [-0.1, -0.05) is 30.3 Å². The first kappa shape index (κ1) is 12.5. The maximum Gasteiger partial charge on any atom is 0.146 e. The summed E-state index contributed by atoms with van der Waals surface area (Å²) >= 11 is 0. The molecule has 2 rings (SSSR count). The van der Waals surface area contributed by atoms with Gasteiger partial charge in [-0.25, -0.2) is 0 Å². The van der Waals surface area contributed by atoms with Crippen LogP contribution >= 0.6 is 0 Å². The summed E-state index contributed by atoms with van der Waals surface area (Å²) in [5.41, 5.74) is 1.26. The molecule has 2 atom stereocenters. The highest BCUT2D eigenvalue weighted by atomic mass is 16.7. The number of hydrogen-bond acceptors (Lipinski definition) is 4. The van der Waals surface area contributed by atoms with Crippen LogP contribution in [0.15, 0.2) is 30.3 Å². The Kier molecular flexibility index (Phi) is 4.50. The smallest absolute Gasteiger partial charge is 0.146 e. The molecule has 4 nitrogen and oxygen atoms in total. The first-order valence-electron chi connectivity index (χ1n) is 5.84. The summed E-state index contributed by atoms with van der Waals surface area (Å²) in [7, 11) is 1.59. The number of nitrogens with zero attached hydrogens (tertiary/aromatic N) is 1. The number of aliphatic hydroxyl groups excluding tert-OH is 1. The predicted octanol–water partition coefficient (Wildman–Crippen LogP) is 0.852. The highest BCUT2D eigenvalue weighted by Gasteiger charge is 2.31. The molecule has 1 aliphatic rings. The fourth-order valence-electron chi connectivity index (χ4n) is 2.12. The zero-order chi connectivity index (χ0) is 12.1. The van der Waals surface area contributed by atoms with Gasteiger partial charge >= 0.3 is 0 Å². The number of ether oxygens (including phenoxy) is 2. The van der Waals surface area contributed by atoms with Crippen LogP contribution in [0, 0.1) is 0 Å². The number of methoxy groups -OCH3 is 1. The summed E-state index contributed by atoms with van der Waals surface area (Å²) in [6, 6.07) is 10.2. The maximum absolute atomic E-state index is 9.84. The summed E-state index contributed by atoms with van der Waals surface area (Å²) in [4.78, 5) is 2.19. The Bertz CT molecular complexity index is 331. The molecule has 1 heterocycles. The van der Waals surface area contributed by atoms with Crippen molar-refractivity contribution in [1.29, 1.82) is 0 Å². The lowest BCUT2D eigenvalue weighted by molar-refractivity contribution is -0.0956. The highest BCUT2D eigenvalue weighted by Crippen LogP contribution is 2.16. The van der Waals surface area contributed by atoms with E-state index in [0.717, 1.165) is 13.1 Å². The van der Waals surface area contributed by atoms with E-state index in [0.29, 0.717) is 6.54 Å². The van der Waals surface area contributed by atoms with Crippen LogP contribution in [-0.2, 0) is 16.0 Å². The number of benzene rings is 1. The average molecular weight is 237 g/mol. The molecule has 94 valence electrons. The van der Waals surface area contributed by atoms with E-state index in [4.69, 9.17) is 9.47 Å². The van der Waals surface area contributed by atoms with Crippen LogP contribution in [0.1, 0.15) is 5.56 Å². The van der Waals surface area contributed by atoms with Gasteiger partial charge in [0.05, 0.1) is 6.10 Å². The predicted molar refractivity (Wildman–Crippen MR) is 64.5 cm³/mol. The molecule has 0 saturated carbocycles. The van der Waals surface area contributed by atoms with Gasteiger partial charge in [-0.15, -0.1) is 0 Å². The number of aliphatic hydroxyl groups is 1. The van der Waals surface area contributed by atoms with E-state index in [-0.39, 0.29) is 12.9 Å². The number of β-amino-alcohol motifs (C(OH)–C–C–N with tert-alkyl or cyclic N) is 1. The molecule has 1 N–H and O–H groups in total. The lowest BCUT2D eigenvalue weighted by atomic mass is 10.2. The first-order valence-corrected chi connectivity index (χ1v) is 5.84. The third-order valence-electron chi connectivity index (χ3n) is 2.96. The quantitative estimate of drug-likeness (QED) is 0.771. The molecule has 0 bridgehead atoms. The van der Waals surface area contributed by atoms with Gasteiger partial charge in [0.25, 0.3) is 0 Å². The van der Waals surface area contributed by atoms with Gasteiger partial charge < -0.3 is 14.6 Å². The molecule has 0 radical (unpaired) electrons. The third kappa shape index (κ3) is 3.51. The zero-order valence-electron chi connectivity index (χ0n) is 10.1. The average Bonchev–Trinajstić information content (AvgIpc) is 2.68. The molecule has 0 unspecified atom stereocenters. The van der Waals surface area contributed by atoms with Gasteiger partial charge in [0.2, 0.25) is 0 Å². The van der Waals surface area contributed by atoms with E-state index < -0.39 is 6.10 Å². The Morgan fingerprint density at radius 3 is 2.76 bits per heavy atom. The van der Waals surface area contributed by atoms with E-state index in [2.05, 4.69) is 17.0 Å². The van der Waals surface area contributed by atoms with E-state index in [1.807, 2.05) is 18.2 Å². The summed E-state index contributed by atoms with van der Waals surface area (Å²) in [6.07, 6.45) is -0.562. The van der Waals surface area contributed by atoms with E-state index in [1.54, 1.807) is 7.11 Å². The van der Waals surface area contributed by atoms with E-state index >= 15 is 0 Å². The van der Waals surface area contributed by atoms with Gasteiger partial charge in [0.1, 0.15) is 12.9 Å². The van der Waals surface area contributed by atoms with Crippen molar-refractivity contribution in [3.63, 3.8) is 0 Å². The lowest BCUT2D eigenvalue weighted by Gasteiger charge is -2.15. The van der Waals surface area contributed by atoms with Crippen LogP contribution in [0.25, 0.3) is 0 Å². The van der Waals surface area contributed by atoms with E-state index in [1.165, 1.54) is 5.56 Å². The Morgan fingerprint density at radius 1 is 1.29 bits per heavy atom. The monoisotopic (exact) mass is 237 g/mol. The van der Waals surface area contributed by atoms with Crippen molar-refractivity contribution in [2.45, 2.75) is 18.8 Å². The summed E-state index contributed by atoms with van der Waals surface area (Å²) < 4.78 is 10.3. The largest absolute Gasteiger partial charge is 0.389 e. The molecule has 1 saturated heterocycles. The SMILES string of the molecule is COCO[C@H]1CN(Cc2ccccc2)C[C@@H]1O. The molecule has 0 aromatic heterocycles. The minimum atomic E-state index is -0.422. The topological polar surface area (TPSA) is 41.9 Å². The highest BCUT2D eigenvalue weighted by molar-refractivity contribution is 5.14. The second kappa shape index (κ2) is 6.12. The first-order chi connectivity index (χ1) is 8.29.